The van der Waals surface area contributed by atoms with Crippen molar-refractivity contribution in [3.63, 3.8) is 0 Å². The van der Waals surface area contributed by atoms with Crippen LogP contribution in [0.1, 0.15) is 125 Å². The highest BCUT2D eigenvalue weighted by Crippen LogP contribution is 2.44. The van der Waals surface area contributed by atoms with Crippen molar-refractivity contribution in [3.8, 4) is 0 Å². The number of ether oxygens (including phenoxy) is 6. The first kappa shape index (κ1) is 108. The quantitative estimate of drug-likeness (QED) is 0.0193. The number of aromatic nitrogens is 10. The molecule has 126 heavy (non-hydrogen) atoms. The van der Waals surface area contributed by atoms with Crippen LogP contribution in [0.25, 0.3) is 0 Å². The summed E-state index contributed by atoms with van der Waals surface area (Å²) in [6, 6.07) is 0. The minimum atomic E-state index is -1.71. The van der Waals surface area contributed by atoms with Crippen LogP contribution in [-0.2, 0) is 73.4 Å². The van der Waals surface area contributed by atoms with Crippen molar-refractivity contribution in [2.24, 2.45) is 0 Å². The number of nitrogens with zero attached hydrogens (tertiary/aromatic N) is 5. The summed E-state index contributed by atoms with van der Waals surface area (Å²) >= 11 is 0. The summed E-state index contributed by atoms with van der Waals surface area (Å²) in [5.74, 6) is -1.34. The fourth-order valence-electron chi connectivity index (χ4n) is 14.1. The van der Waals surface area contributed by atoms with Crippen molar-refractivity contribution in [1.82, 2.24) is 53.1 Å². The van der Waals surface area contributed by atoms with Crippen molar-refractivity contribution in [1.29, 1.82) is 0 Å². The number of Topliss-reactive ketones (excluding diaryl/α,β-unsaturated/α-hetero) is 4. The van der Waals surface area contributed by atoms with Crippen molar-refractivity contribution in [2.75, 3.05) is 112 Å². The van der Waals surface area contributed by atoms with Crippen LogP contribution >= 0.6 is 34.4 Å². The molecule has 5 aliphatic rings. The summed E-state index contributed by atoms with van der Waals surface area (Å²) in [5.41, 5.74) is -6.67. The first-order valence-corrected chi connectivity index (χ1v) is 55.7. The Bertz CT molecular complexity index is 5440. The Balaban J connectivity index is 0.000000243. The van der Waals surface area contributed by atoms with E-state index < -0.39 is 225 Å². The van der Waals surface area contributed by atoms with Crippen LogP contribution in [0.4, 0.5) is 0 Å². The first-order chi connectivity index (χ1) is 58.1. The lowest BCUT2D eigenvalue weighted by molar-refractivity contribution is -0.125. The van der Waals surface area contributed by atoms with Crippen LogP contribution in [0.15, 0.2) is 78.9 Å². The maximum absolute atomic E-state index is 12.3. The number of rotatable bonds is 31. The summed E-state index contributed by atoms with van der Waals surface area (Å²) in [6.45, 7) is 19.5. The fraction of sp³-hybridized carbons (Fsp3) is 0.637. The van der Waals surface area contributed by atoms with Crippen LogP contribution in [0.2, 0.25) is 0 Å². The van der Waals surface area contributed by atoms with E-state index >= 15 is 0 Å². The number of methoxy groups -OCH3 is 1. The van der Waals surface area contributed by atoms with Crippen LogP contribution in [0.5, 0.6) is 0 Å². The third-order valence-corrected chi connectivity index (χ3v) is 28.3. The van der Waals surface area contributed by atoms with Gasteiger partial charge in [-0.15, -0.1) is 65.9 Å². The Morgan fingerprint density at radius 2 is 0.595 bits per heavy atom. The second kappa shape index (κ2) is 45.2. The van der Waals surface area contributed by atoms with Gasteiger partial charge in [0.25, 0.3) is 27.8 Å². The second-order valence-corrected chi connectivity index (χ2v) is 57.5. The van der Waals surface area contributed by atoms with Crippen molar-refractivity contribution in [2.45, 2.75) is 214 Å². The molecular weight excluding hydrogens is 1750 g/mol. The molecule has 16 N–H and O–H groups in total. The standard InChI is InChI=1S/C17H27N2O6P.C16H25N2O7P.2C16H25N2O6P.C15H26N3O5P/c1-10(20)8-11-9-19(17(23)18-15(11)22)16-14(24-2)13(21)12(25-16)6-7-26(3,4)5;1-8(19)11(20)9-7-18(16(24)17-14(9)23)15-13(22)12(21)10(25-15)5-6-26(2,3)4;2*1-9(19)7-10-8-18(16(23)17-14(10)22)15-13(21)12(20)11(24-15)5-6-25(2,3)4;1-16-7-9-8-18(15(22)17-13(9)21)14-12(20)11(19)10(23-14)5-6-24(2,3)4/h9,12-14,16,21H,3,6-8H2,1-2,4-5H3,(H,18,22,23);7,10-13,15,20-22H,2,5-6H2,1,3-4H3,(H,17,23,24);2*8,11-13,15,20-21H,2,5-7H2,1,3-4H3,(H,17,22,23);8,10-12,14,16,19-20H,2,5-7H2,1,3-4H3,(H,17,21,22)/t12-,13-,14-,16-;10-,11?,12-,13-,15-;2*11-,12-,13-,15-;10-,11-,12-,14-/m11111/s1. The van der Waals surface area contributed by atoms with E-state index in [1.165, 1.54) is 57.2 Å². The normalized spacial score (nSPS) is 26.9. The molecule has 5 aromatic rings. The molecular formula is C80H128N11O30P5. The van der Waals surface area contributed by atoms with Gasteiger partial charge in [-0.2, -0.15) is 0 Å². The smallest absolute Gasteiger partial charge is 0.330 e. The predicted molar refractivity (Wildman–Crippen MR) is 489 cm³/mol. The Kier molecular flexibility index (Phi) is 38.6. The molecule has 708 valence electrons. The van der Waals surface area contributed by atoms with Gasteiger partial charge in [-0.3, -0.25) is 90.9 Å². The van der Waals surface area contributed by atoms with Gasteiger partial charge in [0.05, 0.1) is 36.1 Å². The van der Waals surface area contributed by atoms with Gasteiger partial charge in [0.15, 0.2) is 36.9 Å². The SMILES string of the molecule is C=P(C)(C)CC[C@H]1O[C@@H](n2cc(C(O)C(C)=O)c(=O)[nH]c2=O)[C@H](O)[C@@H]1O.C=P(C)(C)CC[C@H]1O[C@@H](n2cc(CC(C)=O)c(=O)[nH]c2=O)[C@H](O)[C@@H]1O.C=P(C)(C)CC[C@H]1O[C@@H](n2cc(CC(C)=O)c(=O)[nH]c2=O)[C@H](O)[C@@H]1O.C=P(C)(C)CC[C@H]1O[C@@H](n2cc(CC(C)=O)c(=O)[nH]c2=O)[C@H](OC)[C@@H]1O.C=P(C)(C)CC[C@H]1O[C@@H](n2cc(CNC)c(=O)[nH]c2=O)[C@H](O)[C@@H]1O. The second-order valence-electron chi connectivity index (χ2n) is 35.9. The van der Waals surface area contributed by atoms with Gasteiger partial charge in [-0.05, 0) is 164 Å². The lowest BCUT2D eigenvalue weighted by Gasteiger charge is -2.20. The van der Waals surface area contributed by atoms with E-state index in [0.717, 1.165) is 62.2 Å². The predicted octanol–water partition coefficient (Wildman–Crippen LogP) is -3.33. The molecule has 5 fully saturated rings. The number of aliphatic hydroxyl groups excluding tert-OH is 10. The van der Waals surface area contributed by atoms with Gasteiger partial charge in [-0.1, -0.05) is 0 Å². The Morgan fingerprint density at radius 3 is 0.833 bits per heavy atom. The molecule has 0 bridgehead atoms. The number of nitrogens with one attached hydrogen (secondary N) is 6. The Hall–Kier alpha value is -7.10. The molecule has 10 rings (SSSR count). The molecule has 0 saturated carbocycles. The van der Waals surface area contributed by atoms with E-state index in [1.807, 2.05) is 18.3 Å². The molecule has 21 atom stereocenters. The van der Waals surface area contributed by atoms with Crippen LogP contribution < -0.4 is 61.6 Å². The minimum Gasteiger partial charge on any atom is -0.388 e. The van der Waals surface area contributed by atoms with Crippen LogP contribution in [-0.4, -0.2) is 357 Å². The third-order valence-electron chi connectivity index (χ3n) is 20.9. The Morgan fingerprint density at radius 1 is 0.373 bits per heavy atom. The average molecular weight is 1880 g/mol. The number of carbonyl (C=O) groups is 4. The van der Waals surface area contributed by atoms with E-state index in [2.05, 4.69) is 110 Å². The first-order valence-electron chi connectivity index (χ1n) is 40.4. The highest BCUT2D eigenvalue weighted by molar-refractivity contribution is 7.73. The summed E-state index contributed by atoms with van der Waals surface area (Å²) in [7, 11) is 3.11. The Labute approximate surface area is 726 Å². The van der Waals surface area contributed by atoms with E-state index in [4.69, 9.17) is 28.4 Å². The number of hydrogen-bond donors (Lipinski definition) is 16. The molecule has 46 heteroatoms. The number of ketones is 4. The van der Waals surface area contributed by atoms with Gasteiger partial charge in [0, 0.05) is 86.2 Å². The van der Waals surface area contributed by atoms with Gasteiger partial charge < -0.3 is 84.8 Å². The molecule has 0 radical (unpaired) electrons. The molecule has 10 heterocycles. The fourth-order valence-corrected chi connectivity index (χ4v) is 18.8. The van der Waals surface area contributed by atoms with Gasteiger partial charge in [0.2, 0.25) is 0 Å². The summed E-state index contributed by atoms with van der Waals surface area (Å²) in [6.07, 6.45) is 11.1. The lowest BCUT2D eigenvalue weighted by Crippen LogP contribution is -2.39. The lowest BCUT2D eigenvalue weighted by atomic mass is 10.1. The number of aliphatic hydroxyl groups is 10. The molecule has 5 saturated heterocycles. The van der Waals surface area contributed by atoms with E-state index in [1.54, 1.807) is 7.05 Å². The van der Waals surface area contributed by atoms with Gasteiger partial charge >= 0.3 is 28.4 Å². The summed E-state index contributed by atoms with van der Waals surface area (Å²) in [5, 5.41) is 105. The minimum absolute atomic E-state index is 0.0911. The van der Waals surface area contributed by atoms with E-state index in [-0.39, 0.29) is 65.4 Å². The third kappa shape index (κ3) is 30.2. The van der Waals surface area contributed by atoms with Crippen molar-refractivity contribution >= 4 is 89.1 Å². The van der Waals surface area contributed by atoms with Gasteiger partial charge in [0.1, 0.15) is 84.5 Å². The molecule has 5 aliphatic heterocycles. The monoisotopic (exact) mass is 1880 g/mol. The molecule has 5 aromatic heterocycles. The molecule has 0 aromatic carbocycles. The van der Waals surface area contributed by atoms with E-state index in [0.29, 0.717) is 37.7 Å². The van der Waals surface area contributed by atoms with E-state index in [9.17, 15) is 118 Å². The zero-order valence-corrected chi connectivity index (χ0v) is 78.5. The number of carbonyl (C=O) groups excluding carboxylic acids is 4. The largest absolute Gasteiger partial charge is 0.388 e. The zero-order valence-electron chi connectivity index (χ0n) is 74.1. The van der Waals surface area contributed by atoms with Crippen LogP contribution in [0, 0.1) is 0 Å². The van der Waals surface area contributed by atoms with Crippen molar-refractivity contribution < 1.29 is 98.7 Å². The number of H-pyrrole nitrogens is 5. The number of aromatic amines is 5. The molecule has 0 spiro atoms. The highest BCUT2D eigenvalue weighted by atomic mass is 31.2. The molecule has 0 amide bonds. The topological polar surface area (TPSA) is 612 Å². The maximum atomic E-state index is 12.3. The van der Waals surface area contributed by atoms with Crippen molar-refractivity contribution in [3.05, 3.63) is 163 Å². The molecule has 0 aliphatic carbocycles. The number of hydrogen-bond acceptors (Lipinski definition) is 31. The summed E-state index contributed by atoms with van der Waals surface area (Å²) < 4.78 is 39.3. The van der Waals surface area contributed by atoms with Gasteiger partial charge in [-0.25, -0.2) is 24.0 Å². The highest BCUT2D eigenvalue weighted by Gasteiger charge is 2.49. The molecule has 1 unspecified atom stereocenters. The molecule has 41 nitrogen and oxygen atoms in total. The average Bonchev–Trinajstić information content (AvgIpc) is 1.67. The maximum Gasteiger partial charge on any atom is 0.330 e. The van der Waals surface area contributed by atoms with Crippen LogP contribution in [0.3, 0.4) is 0 Å². The summed E-state index contributed by atoms with van der Waals surface area (Å²) in [4.78, 5) is 176. The zero-order chi connectivity index (χ0) is 95.4.